The van der Waals surface area contributed by atoms with Crippen molar-refractivity contribution in [3.8, 4) is 0 Å². The summed E-state index contributed by atoms with van der Waals surface area (Å²) < 4.78 is 2.17. The van der Waals surface area contributed by atoms with Gasteiger partial charge in [-0.3, -0.25) is 4.90 Å². The van der Waals surface area contributed by atoms with Gasteiger partial charge >= 0.3 is 0 Å². The van der Waals surface area contributed by atoms with E-state index in [1.807, 2.05) is 0 Å². The maximum absolute atomic E-state index is 6.07. The zero-order valence-electron chi connectivity index (χ0n) is 12.9. The van der Waals surface area contributed by atoms with Gasteiger partial charge in [0.1, 0.15) is 0 Å². The number of halogens is 2. The van der Waals surface area contributed by atoms with E-state index in [2.05, 4.69) is 73.8 Å². The van der Waals surface area contributed by atoms with Crippen LogP contribution in [0.15, 0.2) is 27.1 Å². The van der Waals surface area contributed by atoms with Gasteiger partial charge in [-0.2, -0.15) is 0 Å². The zero-order valence-corrected chi connectivity index (χ0v) is 16.0. The molecule has 1 atom stereocenters. The van der Waals surface area contributed by atoms with Crippen LogP contribution < -0.4 is 5.73 Å². The molecule has 5 heteroatoms. The molecule has 1 saturated heterocycles. The highest BCUT2D eigenvalue weighted by Crippen LogP contribution is 2.30. The summed E-state index contributed by atoms with van der Waals surface area (Å²) in [6, 6.07) is 7.36. The highest BCUT2D eigenvalue weighted by atomic mass is 79.9. The topological polar surface area (TPSA) is 32.5 Å². The molecule has 0 aromatic heterocycles. The summed E-state index contributed by atoms with van der Waals surface area (Å²) in [5, 5.41) is 0. The Hall–Kier alpha value is 0.0600. The summed E-state index contributed by atoms with van der Waals surface area (Å²) in [6.45, 7) is 6.46. The summed E-state index contributed by atoms with van der Waals surface area (Å²) in [5.41, 5.74) is 7.36. The van der Waals surface area contributed by atoms with Crippen molar-refractivity contribution in [2.24, 2.45) is 5.73 Å². The molecule has 118 valence electrons. The molecule has 1 unspecified atom stereocenters. The first-order chi connectivity index (χ1) is 10.1. The molecule has 1 aromatic rings. The lowest BCUT2D eigenvalue weighted by atomic mass is 9.98. The van der Waals surface area contributed by atoms with E-state index in [-0.39, 0.29) is 6.04 Å². The van der Waals surface area contributed by atoms with Crippen LogP contribution in [-0.4, -0.2) is 49.1 Å². The molecule has 0 bridgehead atoms. The molecule has 1 fully saturated rings. The van der Waals surface area contributed by atoms with Crippen molar-refractivity contribution in [1.29, 1.82) is 0 Å². The molecular weight excluding hydrogens is 394 g/mol. The number of benzene rings is 1. The molecule has 2 N–H and O–H groups in total. The third kappa shape index (κ3) is 4.29. The van der Waals surface area contributed by atoms with Crippen LogP contribution in [0.2, 0.25) is 0 Å². The highest BCUT2D eigenvalue weighted by molar-refractivity contribution is 9.13. The van der Waals surface area contributed by atoms with Gasteiger partial charge < -0.3 is 10.6 Å². The van der Waals surface area contributed by atoms with Gasteiger partial charge in [-0.25, -0.2) is 0 Å². The molecule has 0 spiro atoms. The van der Waals surface area contributed by atoms with Gasteiger partial charge in [-0.05, 0) is 89.1 Å². The minimum atomic E-state index is 0.285. The Bertz CT molecular complexity index is 459. The van der Waals surface area contributed by atoms with Gasteiger partial charge in [0.05, 0.1) is 0 Å². The number of piperidine rings is 1. The van der Waals surface area contributed by atoms with Gasteiger partial charge in [0.15, 0.2) is 0 Å². The van der Waals surface area contributed by atoms with Crippen molar-refractivity contribution in [3.63, 3.8) is 0 Å². The molecule has 1 aliphatic heterocycles. The van der Waals surface area contributed by atoms with Gasteiger partial charge in [0, 0.05) is 27.6 Å². The lowest BCUT2D eigenvalue weighted by molar-refractivity contribution is 0.101. The van der Waals surface area contributed by atoms with Crippen LogP contribution in [0.5, 0.6) is 0 Å². The van der Waals surface area contributed by atoms with Crippen molar-refractivity contribution in [1.82, 2.24) is 9.80 Å². The molecule has 1 aromatic carbocycles. The Morgan fingerprint density at radius 3 is 2.48 bits per heavy atom. The van der Waals surface area contributed by atoms with Crippen LogP contribution in [-0.2, 0) is 0 Å². The smallest absolute Gasteiger partial charge is 0.0470 e. The Labute approximate surface area is 145 Å². The largest absolute Gasteiger partial charge is 0.329 e. The molecule has 0 saturated carbocycles. The van der Waals surface area contributed by atoms with Crippen LogP contribution >= 0.6 is 31.9 Å². The van der Waals surface area contributed by atoms with E-state index in [1.165, 1.54) is 31.5 Å². The van der Waals surface area contributed by atoms with E-state index >= 15 is 0 Å². The third-order valence-electron chi connectivity index (χ3n) is 4.62. The fourth-order valence-corrected chi connectivity index (χ4v) is 3.80. The van der Waals surface area contributed by atoms with E-state index in [0.717, 1.165) is 15.5 Å². The zero-order chi connectivity index (χ0) is 15.4. The Morgan fingerprint density at radius 2 is 1.95 bits per heavy atom. The molecule has 1 aliphatic rings. The Morgan fingerprint density at radius 1 is 1.29 bits per heavy atom. The van der Waals surface area contributed by atoms with Crippen molar-refractivity contribution in [3.05, 3.63) is 32.7 Å². The summed E-state index contributed by atoms with van der Waals surface area (Å²) in [7, 11) is 2.22. The minimum Gasteiger partial charge on any atom is -0.329 e. The van der Waals surface area contributed by atoms with Gasteiger partial charge in [0.2, 0.25) is 0 Å². The molecular formula is C16H25Br2N3. The minimum absolute atomic E-state index is 0.285. The lowest BCUT2D eigenvalue weighted by Gasteiger charge is -2.40. The van der Waals surface area contributed by atoms with E-state index in [1.54, 1.807) is 0 Å². The predicted molar refractivity (Wildman–Crippen MR) is 96.5 cm³/mol. The third-order valence-corrected chi connectivity index (χ3v) is 6.50. The predicted octanol–water partition coefficient (Wildman–Crippen LogP) is 3.63. The van der Waals surface area contributed by atoms with E-state index in [9.17, 15) is 0 Å². The molecule has 1 heterocycles. The number of likely N-dealkylation sites (tertiary alicyclic amines) is 1. The molecule has 3 nitrogen and oxygen atoms in total. The average Bonchev–Trinajstić information content (AvgIpc) is 2.51. The maximum atomic E-state index is 6.07. The second kappa shape index (κ2) is 8.06. The Kier molecular flexibility index (Phi) is 6.69. The van der Waals surface area contributed by atoms with Crippen LogP contribution in [0.1, 0.15) is 31.4 Å². The number of rotatable bonds is 5. The summed E-state index contributed by atoms with van der Waals surface area (Å²) in [6.07, 6.45) is 2.47. The van der Waals surface area contributed by atoms with Crippen LogP contribution in [0, 0.1) is 0 Å². The van der Waals surface area contributed by atoms with Gasteiger partial charge in [-0.15, -0.1) is 0 Å². The number of hydrogen-bond acceptors (Lipinski definition) is 3. The fraction of sp³-hybridized carbons (Fsp3) is 0.625. The monoisotopic (exact) mass is 417 g/mol. The van der Waals surface area contributed by atoms with Crippen LogP contribution in [0.4, 0.5) is 0 Å². The summed E-state index contributed by atoms with van der Waals surface area (Å²) in [5.74, 6) is 0. The van der Waals surface area contributed by atoms with Crippen molar-refractivity contribution >= 4 is 31.9 Å². The van der Waals surface area contributed by atoms with Crippen molar-refractivity contribution in [2.75, 3.05) is 33.2 Å². The summed E-state index contributed by atoms with van der Waals surface area (Å²) >= 11 is 7.12. The number of nitrogens with zero attached hydrogens (tertiary/aromatic N) is 2. The SMILES string of the molecule is CCN1CCC(N(C)C(CN)c2ccc(Br)c(Br)c2)CC1. The molecule has 0 aliphatic carbocycles. The highest BCUT2D eigenvalue weighted by Gasteiger charge is 2.27. The normalized spacial score (nSPS) is 19.1. The summed E-state index contributed by atoms with van der Waals surface area (Å²) in [4.78, 5) is 5.00. The first-order valence-corrected chi connectivity index (χ1v) is 9.24. The van der Waals surface area contributed by atoms with E-state index < -0.39 is 0 Å². The lowest BCUT2D eigenvalue weighted by Crippen LogP contribution is -2.45. The second-order valence-electron chi connectivity index (χ2n) is 5.76. The first-order valence-electron chi connectivity index (χ1n) is 7.66. The average molecular weight is 419 g/mol. The number of nitrogens with two attached hydrogens (primary N) is 1. The molecule has 21 heavy (non-hydrogen) atoms. The van der Waals surface area contributed by atoms with Crippen molar-refractivity contribution in [2.45, 2.75) is 31.8 Å². The van der Waals surface area contributed by atoms with Gasteiger partial charge in [-0.1, -0.05) is 13.0 Å². The van der Waals surface area contributed by atoms with Crippen LogP contribution in [0.25, 0.3) is 0 Å². The Balaban J connectivity index is 2.08. The van der Waals surface area contributed by atoms with Crippen molar-refractivity contribution < 1.29 is 0 Å². The van der Waals surface area contributed by atoms with Gasteiger partial charge in [0.25, 0.3) is 0 Å². The first kappa shape index (κ1) is 17.4. The molecule has 0 radical (unpaired) electrons. The van der Waals surface area contributed by atoms with E-state index in [0.29, 0.717) is 12.6 Å². The van der Waals surface area contributed by atoms with Crippen LogP contribution in [0.3, 0.4) is 0 Å². The maximum Gasteiger partial charge on any atom is 0.0470 e. The number of hydrogen-bond donors (Lipinski definition) is 1. The quantitative estimate of drug-likeness (QED) is 0.792. The molecule has 2 rings (SSSR count). The standard InChI is InChI=1S/C16H25Br2N3/c1-3-21-8-6-13(7-9-21)20(2)16(11-19)12-4-5-14(17)15(18)10-12/h4-5,10,13,16H,3,6-9,11,19H2,1-2H3. The number of likely N-dealkylation sites (N-methyl/N-ethyl adjacent to an activating group) is 1. The van der Waals surface area contributed by atoms with E-state index in [4.69, 9.17) is 5.73 Å². The second-order valence-corrected chi connectivity index (χ2v) is 7.46. The molecule has 0 amide bonds. The fourth-order valence-electron chi connectivity index (χ4n) is 3.15.